The molecule has 0 saturated heterocycles. The Hall–Kier alpha value is -1.28. The lowest BCUT2D eigenvalue weighted by Gasteiger charge is -2.09. The maximum Gasteiger partial charge on any atom is 0.323 e. The minimum absolute atomic E-state index is 0.00586. The number of nitrogens with one attached hydrogen (secondary N) is 1. The van der Waals surface area contributed by atoms with E-state index in [1.807, 2.05) is 0 Å². The van der Waals surface area contributed by atoms with Crippen LogP contribution in [0.4, 0.5) is 5.69 Å². The van der Waals surface area contributed by atoms with E-state index < -0.39 is 21.7 Å². The van der Waals surface area contributed by atoms with Gasteiger partial charge < -0.3 is 9.84 Å². The molecule has 1 aromatic carbocycles. The quantitative estimate of drug-likeness (QED) is 0.626. The van der Waals surface area contributed by atoms with Crippen LogP contribution < -0.4 is 4.72 Å². The molecule has 1 aromatic rings. The van der Waals surface area contributed by atoms with Crippen LogP contribution in [0.3, 0.4) is 0 Å². The summed E-state index contributed by atoms with van der Waals surface area (Å²) in [5.74, 6) is -1.88. The first-order valence-corrected chi connectivity index (χ1v) is 7.43. The number of anilines is 1. The lowest BCUT2D eigenvalue weighted by molar-refractivity contribution is -0.139. The van der Waals surface area contributed by atoms with Gasteiger partial charge in [-0.25, -0.2) is 8.42 Å². The lowest BCUT2D eigenvalue weighted by Crippen LogP contribution is -2.24. The summed E-state index contributed by atoms with van der Waals surface area (Å²) in [7, 11) is -3.90. The number of benzene rings is 1. The van der Waals surface area contributed by atoms with E-state index in [9.17, 15) is 18.3 Å². The first kappa shape index (κ1) is 14.8. The van der Waals surface area contributed by atoms with Crippen molar-refractivity contribution < 1.29 is 23.1 Å². The Morgan fingerprint density at radius 2 is 2.17 bits per heavy atom. The highest BCUT2D eigenvalue weighted by Crippen LogP contribution is 2.27. The van der Waals surface area contributed by atoms with Crippen molar-refractivity contribution in [3.63, 3.8) is 0 Å². The molecule has 1 rings (SSSR count). The zero-order valence-electron chi connectivity index (χ0n) is 9.51. The predicted octanol–water partition coefficient (Wildman–Crippen LogP) is 1.46. The number of hydrogen-bond donors (Lipinski definition) is 2. The molecular formula is C10H12BrNO5S. The fourth-order valence-corrected chi connectivity index (χ4v) is 2.48. The van der Waals surface area contributed by atoms with Gasteiger partial charge in [-0.1, -0.05) is 15.9 Å². The number of rotatable bonds is 5. The van der Waals surface area contributed by atoms with Crippen LogP contribution in [0.5, 0.6) is 5.75 Å². The molecule has 2 N–H and O–H groups in total. The van der Waals surface area contributed by atoms with Crippen molar-refractivity contribution in [2.45, 2.75) is 6.92 Å². The first-order valence-electron chi connectivity index (χ1n) is 4.98. The average Bonchev–Trinajstić information content (AvgIpc) is 2.22. The van der Waals surface area contributed by atoms with E-state index in [0.717, 1.165) is 0 Å². The molecule has 8 heteroatoms. The molecule has 0 heterocycles. The van der Waals surface area contributed by atoms with Gasteiger partial charge in [0.05, 0.1) is 12.3 Å². The Morgan fingerprint density at radius 3 is 2.78 bits per heavy atom. The van der Waals surface area contributed by atoms with Crippen molar-refractivity contribution >= 4 is 37.6 Å². The highest BCUT2D eigenvalue weighted by Gasteiger charge is 2.18. The van der Waals surface area contributed by atoms with Crippen molar-refractivity contribution in [2.75, 3.05) is 17.1 Å². The Kier molecular flexibility index (Phi) is 4.97. The molecule has 6 nitrogen and oxygen atoms in total. The zero-order valence-corrected chi connectivity index (χ0v) is 11.9. The fraction of sp³-hybridized carbons (Fsp3) is 0.300. The molecule has 0 unspecified atom stereocenters. The Labute approximate surface area is 113 Å². The van der Waals surface area contributed by atoms with Crippen LogP contribution in [-0.2, 0) is 19.6 Å². The number of phenolic OH excluding ortho intramolecular Hbond substituents is 1. The SMILES string of the molecule is CCOC(=O)CS(=O)(=O)Nc1cc(Br)ccc1O. The van der Waals surface area contributed by atoms with E-state index in [0.29, 0.717) is 4.47 Å². The predicted molar refractivity (Wildman–Crippen MR) is 69.8 cm³/mol. The second kappa shape index (κ2) is 6.05. The van der Waals surface area contributed by atoms with Crippen LogP contribution in [0.25, 0.3) is 0 Å². The van der Waals surface area contributed by atoms with Crippen molar-refractivity contribution in [1.82, 2.24) is 0 Å². The van der Waals surface area contributed by atoms with E-state index in [1.165, 1.54) is 12.1 Å². The lowest BCUT2D eigenvalue weighted by atomic mass is 10.3. The first-order chi connectivity index (χ1) is 8.34. The third-order valence-corrected chi connectivity index (χ3v) is 3.48. The summed E-state index contributed by atoms with van der Waals surface area (Å²) < 4.78 is 30.5. The molecule has 0 spiro atoms. The molecular weight excluding hydrogens is 326 g/mol. The summed E-state index contributed by atoms with van der Waals surface area (Å²) in [5, 5.41) is 9.47. The summed E-state index contributed by atoms with van der Waals surface area (Å²) in [6, 6.07) is 4.27. The fourth-order valence-electron chi connectivity index (χ4n) is 1.15. The van der Waals surface area contributed by atoms with Crippen molar-refractivity contribution in [1.29, 1.82) is 0 Å². The summed E-state index contributed by atoms with van der Waals surface area (Å²) in [6.07, 6.45) is 0. The van der Waals surface area contributed by atoms with Crippen molar-refractivity contribution in [3.05, 3.63) is 22.7 Å². The van der Waals surface area contributed by atoms with Crippen LogP contribution in [-0.4, -0.2) is 31.9 Å². The van der Waals surface area contributed by atoms with Crippen LogP contribution >= 0.6 is 15.9 Å². The minimum Gasteiger partial charge on any atom is -0.506 e. The molecule has 0 amide bonds. The molecule has 18 heavy (non-hydrogen) atoms. The molecule has 0 saturated carbocycles. The van der Waals surface area contributed by atoms with Crippen LogP contribution in [0.15, 0.2) is 22.7 Å². The molecule has 0 aliphatic heterocycles. The highest BCUT2D eigenvalue weighted by molar-refractivity contribution is 9.10. The Bertz CT molecular complexity index is 543. The second-order valence-corrected chi connectivity index (χ2v) is 5.97. The van der Waals surface area contributed by atoms with E-state index in [2.05, 4.69) is 25.4 Å². The molecule has 0 radical (unpaired) electrons. The van der Waals surface area contributed by atoms with Gasteiger partial charge in [0.25, 0.3) is 0 Å². The van der Waals surface area contributed by atoms with Gasteiger partial charge in [0.2, 0.25) is 10.0 Å². The van der Waals surface area contributed by atoms with Crippen molar-refractivity contribution in [3.8, 4) is 5.75 Å². The van der Waals surface area contributed by atoms with Gasteiger partial charge in [-0.15, -0.1) is 0 Å². The van der Waals surface area contributed by atoms with E-state index >= 15 is 0 Å². The molecule has 0 atom stereocenters. The number of carbonyl (C=O) groups excluding carboxylic acids is 1. The topological polar surface area (TPSA) is 92.7 Å². The third-order valence-electron chi connectivity index (χ3n) is 1.84. The van der Waals surface area contributed by atoms with Crippen LogP contribution in [0.1, 0.15) is 6.92 Å². The maximum atomic E-state index is 11.6. The monoisotopic (exact) mass is 337 g/mol. The zero-order chi connectivity index (χ0) is 13.8. The van der Waals surface area contributed by atoms with Gasteiger partial charge in [-0.05, 0) is 25.1 Å². The Morgan fingerprint density at radius 1 is 1.50 bits per heavy atom. The molecule has 0 aromatic heterocycles. The summed E-state index contributed by atoms with van der Waals surface area (Å²) >= 11 is 3.14. The molecule has 100 valence electrons. The van der Waals surface area contributed by atoms with Gasteiger partial charge >= 0.3 is 5.97 Å². The van der Waals surface area contributed by atoms with Crippen LogP contribution in [0.2, 0.25) is 0 Å². The number of sulfonamides is 1. The Balaban J connectivity index is 2.82. The molecule has 0 fully saturated rings. The summed E-state index contributed by atoms with van der Waals surface area (Å²) in [6.45, 7) is 1.69. The smallest absolute Gasteiger partial charge is 0.323 e. The number of phenols is 1. The van der Waals surface area contributed by atoms with Gasteiger partial charge in [0, 0.05) is 4.47 Å². The standard InChI is InChI=1S/C10H12BrNO5S/c1-2-17-10(14)6-18(15,16)12-8-5-7(11)3-4-9(8)13/h3-5,12-13H,2,6H2,1H3. The number of hydrogen-bond acceptors (Lipinski definition) is 5. The van der Waals surface area contributed by atoms with E-state index in [1.54, 1.807) is 13.0 Å². The molecule has 0 aliphatic rings. The average molecular weight is 338 g/mol. The maximum absolute atomic E-state index is 11.6. The molecule has 0 aliphatic carbocycles. The van der Waals surface area contributed by atoms with E-state index in [-0.39, 0.29) is 18.0 Å². The second-order valence-electron chi connectivity index (χ2n) is 3.33. The number of carbonyl (C=O) groups is 1. The van der Waals surface area contributed by atoms with Gasteiger partial charge in [-0.2, -0.15) is 0 Å². The van der Waals surface area contributed by atoms with Gasteiger partial charge in [0.15, 0.2) is 5.75 Å². The van der Waals surface area contributed by atoms with E-state index in [4.69, 9.17) is 0 Å². The largest absolute Gasteiger partial charge is 0.506 e. The van der Waals surface area contributed by atoms with Crippen molar-refractivity contribution in [2.24, 2.45) is 0 Å². The number of aromatic hydroxyl groups is 1. The number of halogens is 1. The normalized spacial score (nSPS) is 11.0. The third kappa shape index (κ3) is 4.53. The van der Waals surface area contributed by atoms with Gasteiger partial charge in [-0.3, -0.25) is 9.52 Å². The highest BCUT2D eigenvalue weighted by atomic mass is 79.9. The minimum atomic E-state index is -3.90. The van der Waals surface area contributed by atoms with Gasteiger partial charge in [0.1, 0.15) is 5.75 Å². The number of ether oxygens (including phenoxy) is 1. The summed E-state index contributed by atoms with van der Waals surface area (Å²) in [4.78, 5) is 11.1. The van der Waals surface area contributed by atoms with Crippen LogP contribution in [0, 0.1) is 0 Å². The summed E-state index contributed by atoms with van der Waals surface area (Å²) in [5.41, 5.74) is -0.00586. The number of esters is 1. The molecule has 0 bridgehead atoms.